The van der Waals surface area contributed by atoms with Crippen LogP contribution in [-0.4, -0.2) is 21.0 Å². The smallest absolute Gasteiger partial charge is 0.314 e. The number of imidazole rings is 1. The third kappa shape index (κ3) is 2.86. The van der Waals surface area contributed by atoms with Crippen molar-refractivity contribution in [1.29, 1.82) is 0 Å². The second kappa shape index (κ2) is 6.02. The third-order valence-electron chi connectivity index (χ3n) is 3.88. The van der Waals surface area contributed by atoms with E-state index >= 15 is 0 Å². The highest BCUT2D eigenvalue weighted by molar-refractivity contribution is 5.80. The lowest BCUT2D eigenvalue weighted by Gasteiger charge is -2.09. The van der Waals surface area contributed by atoms with Crippen molar-refractivity contribution in [2.75, 3.05) is 0 Å². The first-order valence-corrected chi connectivity index (χ1v) is 7.42. The Bertz CT molecular complexity index is 793. The van der Waals surface area contributed by atoms with E-state index in [9.17, 15) is 9.90 Å². The maximum absolute atomic E-state index is 11.6. The summed E-state index contributed by atoms with van der Waals surface area (Å²) in [7, 11) is 0. The van der Waals surface area contributed by atoms with Crippen LogP contribution < -0.4 is 0 Å². The van der Waals surface area contributed by atoms with Crippen LogP contribution in [0.25, 0.3) is 11.0 Å². The van der Waals surface area contributed by atoms with Gasteiger partial charge in [-0.25, -0.2) is 4.98 Å². The lowest BCUT2D eigenvalue weighted by atomic mass is 9.99. The first kappa shape index (κ1) is 14.3. The van der Waals surface area contributed by atoms with Crippen LogP contribution in [0, 0.1) is 0 Å². The number of aromatic amines is 1. The Morgan fingerprint density at radius 1 is 1.18 bits per heavy atom. The van der Waals surface area contributed by atoms with Gasteiger partial charge in [-0.05, 0) is 36.1 Å². The van der Waals surface area contributed by atoms with Crippen LogP contribution in [0.2, 0.25) is 0 Å². The van der Waals surface area contributed by atoms with E-state index in [1.807, 2.05) is 48.5 Å². The Hall–Kier alpha value is -2.62. The number of nitrogens with zero attached hydrogens (tertiary/aromatic N) is 1. The highest BCUT2D eigenvalue weighted by atomic mass is 16.4. The molecule has 0 aliphatic carbocycles. The van der Waals surface area contributed by atoms with Crippen molar-refractivity contribution in [3.63, 3.8) is 0 Å². The average Bonchev–Trinajstić information content (AvgIpc) is 2.95. The van der Waals surface area contributed by atoms with E-state index in [4.69, 9.17) is 0 Å². The minimum atomic E-state index is -0.862. The summed E-state index contributed by atoms with van der Waals surface area (Å²) in [6.07, 6.45) is 1.37. The molecule has 3 rings (SSSR count). The molecule has 4 heteroatoms. The monoisotopic (exact) mass is 294 g/mol. The van der Waals surface area contributed by atoms with E-state index in [0.717, 1.165) is 23.0 Å². The van der Waals surface area contributed by atoms with Gasteiger partial charge in [0.05, 0.1) is 11.0 Å². The first-order chi connectivity index (χ1) is 10.7. The van der Waals surface area contributed by atoms with Gasteiger partial charge in [-0.15, -0.1) is 0 Å². The molecule has 1 unspecified atom stereocenters. The number of hydrogen-bond acceptors (Lipinski definition) is 2. The van der Waals surface area contributed by atoms with Crippen molar-refractivity contribution in [3.05, 3.63) is 65.5 Å². The van der Waals surface area contributed by atoms with Gasteiger partial charge in [0.25, 0.3) is 0 Å². The standard InChI is InChI=1S/C18H18N2O2/c1-2-12-8-9-15-16(11-12)20-17(19-15)14(18(21)22)10-13-6-4-3-5-7-13/h3-9,11,14H,2,10H2,1H3,(H,19,20)(H,21,22). The lowest BCUT2D eigenvalue weighted by molar-refractivity contribution is -0.138. The molecule has 3 aromatic rings. The Morgan fingerprint density at radius 2 is 1.95 bits per heavy atom. The zero-order valence-corrected chi connectivity index (χ0v) is 12.4. The molecular weight excluding hydrogens is 276 g/mol. The molecule has 0 aliphatic heterocycles. The van der Waals surface area contributed by atoms with Crippen molar-refractivity contribution in [2.45, 2.75) is 25.7 Å². The largest absolute Gasteiger partial charge is 0.481 e. The van der Waals surface area contributed by atoms with Gasteiger partial charge < -0.3 is 10.1 Å². The number of nitrogens with one attached hydrogen (secondary N) is 1. The summed E-state index contributed by atoms with van der Waals surface area (Å²) < 4.78 is 0. The molecule has 4 nitrogen and oxygen atoms in total. The molecule has 0 spiro atoms. The summed E-state index contributed by atoms with van der Waals surface area (Å²) in [5, 5.41) is 9.55. The summed E-state index contributed by atoms with van der Waals surface area (Å²) in [6.45, 7) is 2.09. The van der Waals surface area contributed by atoms with E-state index in [0.29, 0.717) is 12.2 Å². The Kier molecular flexibility index (Phi) is 3.92. The topological polar surface area (TPSA) is 66.0 Å². The molecule has 2 aromatic carbocycles. The molecule has 0 radical (unpaired) electrons. The Labute approximate surface area is 128 Å². The highest BCUT2D eigenvalue weighted by Gasteiger charge is 2.23. The van der Waals surface area contributed by atoms with Gasteiger partial charge in [0.1, 0.15) is 11.7 Å². The fraction of sp³-hybridized carbons (Fsp3) is 0.222. The minimum absolute atomic E-state index is 0.427. The molecule has 0 saturated heterocycles. The molecule has 0 amide bonds. The molecule has 112 valence electrons. The fourth-order valence-corrected chi connectivity index (χ4v) is 2.61. The van der Waals surface area contributed by atoms with Crippen LogP contribution in [0.4, 0.5) is 0 Å². The summed E-state index contributed by atoms with van der Waals surface area (Å²) in [6, 6.07) is 15.6. The number of fused-ring (bicyclic) bond motifs is 1. The molecule has 0 aliphatic rings. The first-order valence-electron chi connectivity index (χ1n) is 7.42. The second-order valence-electron chi connectivity index (χ2n) is 5.41. The number of benzene rings is 2. The van der Waals surface area contributed by atoms with Crippen molar-refractivity contribution in [2.24, 2.45) is 0 Å². The lowest BCUT2D eigenvalue weighted by Crippen LogP contribution is -2.15. The predicted octanol–water partition coefficient (Wildman–Crippen LogP) is 3.54. The summed E-state index contributed by atoms with van der Waals surface area (Å²) >= 11 is 0. The molecule has 2 N–H and O–H groups in total. The summed E-state index contributed by atoms with van der Waals surface area (Å²) in [5.41, 5.74) is 3.91. The van der Waals surface area contributed by atoms with Gasteiger partial charge in [-0.1, -0.05) is 43.3 Å². The van der Waals surface area contributed by atoms with Gasteiger partial charge in [0, 0.05) is 0 Å². The normalized spacial score (nSPS) is 12.4. The number of hydrogen-bond donors (Lipinski definition) is 2. The van der Waals surface area contributed by atoms with Crippen LogP contribution in [0.1, 0.15) is 29.8 Å². The quantitative estimate of drug-likeness (QED) is 0.756. The zero-order chi connectivity index (χ0) is 15.5. The number of carboxylic acids is 1. The SMILES string of the molecule is CCc1ccc2nc(C(Cc3ccccc3)C(=O)O)[nH]c2c1. The van der Waals surface area contributed by atoms with Gasteiger partial charge in [0.15, 0.2) is 0 Å². The van der Waals surface area contributed by atoms with E-state index in [1.54, 1.807) is 0 Å². The number of aliphatic carboxylic acids is 1. The van der Waals surface area contributed by atoms with Gasteiger partial charge in [-0.3, -0.25) is 4.79 Å². The molecule has 1 atom stereocenters. The third-order valence-corrected chi connectivity index (χ3v) is 3.88. The van der Waals surface area contributed by atoms with E-state index in [-0.39, 0.29) is 0 Å². The van der Waals surface area contributed by atoms with Gasteiger partial charge >= 0.3 is 5.97 Å². The number of H-pyrrole nitrogens is 1. The molecule has 0 fully saturated rings. The maximum atomic E-state index is 11.6. The van der Waals surface area contributed by atoms with E-state index in [1.165, 1.54) is 5.56 Å². The van der Waals surface area contributed by atoms with Crippen LogP contribution >= 0.6 is 0 Å². The molecule has 1 heterocycles. The van der Waals surface area contributed by atoms with Crippen LogP contribution in [0.15, 0.2) is 48.5 Å². The highest BCUT2D eigenvalue weighted by Crippen LogP contribution is 2.23. The fourth-order valence-electron chi connectivity index (χ4n) is 2.61. The molecule has 22 heavy (non-hydrogen) atoms. The molecule has 0 saturated carbocycles. The molecule has 1 aromatic heterocycles. The minimum Gasteiger partial charge on any atom is -0.481 e. The van der Waals surface area contributed by atoms with E-state index in [2.05, 4.69) is 16.9 Å². The average molecular weight is 294 g/mol. The predicted molar refractivity (Wildman–Crippen MR) is 86.0 cm³/mol. The van der Waals surface area contributed by atoms with Gasteiger partial charge in [0.2, 0.25) is 0 Å². The van der Waals surface area contributed by atoms with Crippen molar-refractivity contribution >= 4 is 17.0 Å². The van der Waals surface area contributed by atoms with Crippen LogP contribution in [-0.2, 0) is 17.6 Å². The summed E-state index contributed by atoms with van der Waals surface area (Å²) in [4.78, 5) is 19.3. The van der Waals surface area contributed by atoms with Crippen molar-refractivity contribution in [3.8, 4) is 0 Å². The number of carbonyl (C=O) groups is 1. The van der Waals surface area contributed by atoms with Crippen molar-refractivity contribution < 1.29 is 9.90 Å². The van der Waals surface area contributed by atoms with Gasteiger partial charge in [-0.2, -0.15) is 0 Å². The molecular formula is C18H18N2O2. The second-order valence-corrected chi connectivity index (χ2v) is 5.41. The number of rotatable bonds is 5. The zero-order valence-electron chi connectivity index (χ0n) is 12.4. The number of aromatic nitrogens is 2. The van der Waals surface area contributed by atoms with Crippen molar-refractivity contribution in [1.82, 2.24) is 9.97 Å². The van der Waals surface area contributed by atoms with Crippen LogP contribution in [0.5, 0.6) is 0 Å². The molecule has 0 bridgehead atoms. The van der Waals surface area contributed by atoms with E-state index < -0.39 is 11.9 Å². The number of carboxylic acid groups (broad SMARTS) is 1. The Morgan fingerprint density at radius 3 is 2.64 bits per heavy atom. The Balaban J connectivity index is 1.96. The maximum Gasteiger partial charge on any atom is 0.314 e. The van der Waals surface area contributed by atoms with Crippen LogP contribution in [0.3, 0.4) is 0 Å². The number of aryl methyl sites for hydroxylation is 1. The summed E-state index contributed by atoms with van der Waals surface area (Å²) in [5.74, 6) is -1.02.